The van der Waals surface area contributed by atoms with Crippen molar-refractivity contribution in [2.75, 3.05) is 20.0 Å². The van der Waals surface area contributed by atoms with Crippen LogP contribution >= 0.6 is 35.0 Å². The van der Waals surface area contributed by atoms with Gasteiger partial charge in [0.2, 0.25) is 0 Å². The lowest BCUT2D eigenvalue weighted by atomic mass is 10.1. The Labute approximate surface area is 154 Å². The second-order valence-corrected chi connectivity index (χ2v) is 6.48. The second kappa shape index (κ2) is 8.97. The van der Waals surface area contributed by atoms with Crippen LogP contribution in [0, 0.1) is 0 Å². The molecule has 0 aliphatic rings. The highest BCUT2D eigenvalue weighted by Crippen LogP contribution is 2.27. The number of ether oxygens (including phenoxy) is 1. The minimum absolute atomic E-state index is 0.382. The Hall–Kier alpha value is -1.69. The van der Waals surface area contributed by atoms with Crippen LogP contribution in [0.3, 0.4) is 0 Å². The van der Waals surface area contributed by atoms with Crippen LogP contribution in [0.2, 0.25) is 10.0 Å². The summed E-state index contributed by atoms with van der Waals surface area (Å²) >= 11 is 13.6. The Bertz CT molecular complexity index is 765. The molecule has 0 N–H and O–H groups in total. The van der Waals surface area contributed by atoms with Crippen molar-refractivity contribution >= 4 is 46.6 Å². The molecule has 2 aromatic carbocycles. The third-order valence-corrected chi connectivity index (χ3v) is 4.73. The molecule has 0 bridgehead atoms. The molecule has 0 aromatic heterocycles. The van der Waals surface area contributed by atoms with Gasteiger partial charge in [-0.2, -0.15) is 0 Å². The minimum atomic E-state index is -0.382. The van der Waals surface area contributed by atoms with E-state index in [2.05, 4.69) is 5.16 Å². The van der Waals surface area contributed by atoms with Gasteiger partial charge in [-0.05, 0) is 24.3 Å². The van der Waals surface area contributed by atoms with E-state index in [4.69, 9.17) is 32.8 Å². The van der Waals surface area contributed by atoms with Gasteiger partial charge in [0.15, 0.2) is 0 Å². The normalized spacial score (nSPS) is 11.2. The van der Waals surface area contributed by atoms with E-state index in [0.717, 1.165) is 10.5 Å². The van der Waals surface area contributed by atoms with Crippen molar-refractivity contribution in [3.8, 4) is 0 Å². The number of thioether (sulfide) groups is 1. The lowest BCUT2D eigenvalue weighted by molar-refractivity contribution is 0.0597. The first-order chi connectivity index (χ1) is 11.6. The summed E-state index contributed by atoms with van der Waals surface area (Å²) in [5, 5.41) is 5.08. The maximum absolute atomic E-state index is 11.8. The number of hydrogen-bond donors (Lipinski definition) is 0. The highest BCUT2D eigenvalue weighted by Gasteiger charge is 2.15. The maximum Gasteiger partial charge on any atom is 0.338 e. The Kier molecular flexibility index (Phi) is 6.97. The van der Waals surface area contributed by atoms with Crippen LogP contribution < -0.4 is 0 Å². The summed E-state index contributed by atoms with van der Waals surface area (Å²) in [4.78, 5) is 17.6. The third-order valence-electron chi connectivity index (χ3n) is 3.10. The molecule has 2 rings (SSSR count). The van der Waals surface area contributed by atoms with Gasteiger partial charge in [-0.1, -0.05) is 46.6 Å². The van der Waals surface area contributed by atoms with Crippen LogP contribution in [0.15, 0.2) is 52.5 Å². The minimum Gasteiger partial charge on any atom is -0.465 e. The average molecular weight is 384 g/mol. The fourth-order valence-electron chi connectivity index (χ4n) is 2.00. The average Bonchev–Trinajstić information content (AvgIpc) is 2.58. The Morgan fingerprint density at radius 2 is 1.88 bits per heavy atom. The lowest BCUT2D eigenvalue weighted by Crippen LogP contribution is -2.08. The van der Waals surface area contributed by atoms with Crippen LogP contribution in [0.4, 0.5) is 0 Å². The Morgan fingerprint density at radius 3 is 2.54 bits per heavy atom. The van der Waals surface area contributed by atoms with Crippen molar-refractivity contribution in [1.29, 1.82) is 0 Å². The number of halogens is 2. The van der Waals surface area contributed by atoms with Crippen molar-refractivity contribution < 1.29 is 14.4 Å². The molecule has 0 atom stereocenters. The molecule has 0 aliphatic carbocycles. The zero-order valence-corrected chi connectivity index (χ0v) is 15.4. The molecule has 2 aromatic rings. The van der Waals surface area contributed by atoms with Gasteiger partial charge in [0.1, 0.15) is 7.11 Å². The summed E-state index contributed by atoms with van der Waals surface area (Å²) in [6.45, 7) is 0. The van der Waals surface area contributed by atoms with Crippen molar-refractivity contribution in [2.24, 2.45) is 5.16 Å². The molecular formula is C17H15Cl2NO3S. The summed E-state index contributed by atoms with van der Waals surface area (Å²) in [7, 11) is 2.83. The van der Waals surface area contributed by atoms with E-state index in [-0.39, 0.29) is 5.97 Å². The van der Waals surface area contributed by atoms with Crippen LogP contribution in [0.1, 0.15) is 15.9 Å². The Morgan fingerprint density at radius 1 is 1.12 bits per heavy atom. The molecular weight excluding hydrogens is 369 g/mol. The van der Waals surface area contributed by atoms with Crippen molar-refractivity contribution in [3.05, 3.63) is 63.6 Å². The maximum atomic E-state index is 11.8. The monoisotopic (exact) mass is 383 g/mol. The lowest BCUT2D eigenvalue weighted by Gasteiger charge is -2.10. The molecule has 7 heteroatoms. The number of benzene rings is 2. The number of esters is 1. The van der Waals surface area contributed by atoms with Gasteiger partial charge in [-0.25, -0.2) is 4.79 Å². The molecule has 0 radical (unpaired) electrons. The zero-order chi connectivity index (χ0) is 17.5. The van der Waals surface area contributed by atoms with Gasteiger partial charge in [0.05, 0.1) is 23.4 Å². The number of carbonyl (C=O) groups is 1. The van der Waals surface area contributed by atoms with Gasteiger partial charge in [0.25, 0.3) is 0 Å². The number of hydrogen-bond acceptors (Lipinski definition) is 5. The van der Waals surface area contributed by atoms with E-state index >= 15 is 0 Å². The van der Waals surface area contributed by atoms with Crippen LogP contribution in [-0.4, -0.2) is 31.7 Å². The fourth-order valence-corrected chi connectivity index (χ4v) is 3.50. The molecule has 0 fully saturated rings. The predicted octanol–water partition coefficient (Wildman–Crippen LogP) is 4.92. The fraction of sp³-hybridized carbons (Fsp3) is 0.176. The quantitative estimate of drug-likeness (QED) is 0.307. The molecule has 0 saturated heterocycles. The van der Waals surface area contributed by atoms with Crippen molar-refractivity contribution in [3.63, 3.8) is 0 Å². The smallest absolute Gasteiger partial charge is 0.338 e. The van der Waals surface area contributed by atoms with Crippen molar-refractivity contribution in [1.82, 2.24) is 0 Å². The molecule has 126 valence electrons. The van der Waals surface area contributed by atoms with Gasteiger partial charge < -0.3 is 9.57 Å². The summed E-state index contributed by atoms with van der Waals surface area (Å²) in [5.41, 5.74) is 1.87. The summed E-state index contributed by atoms with van der Waals surface area (Å²) < 4.78 is 4.81. The summed E-state index contributed by atoms with van der Waals surface area (Å²) in [6, 6.07) is 12.4. The molecule has 0 saturated carbocycles. The van der Waals surface area contributed by atoms with Gasteiger partial charge in [-0.15, -0.1) is 11.8 Å². The van der Waals surface area contributed by atoms with E-state index in [1.807, 2.05) is 12.1 Å². The van der Waals surface area contributed by atoms with E-state index in [0.29, 0.717) is 27.1 Å². The van der Waals surface area contributed by atoms with Crippen LogP contribution in [0.5, 0.6) is 0 Å². The molecule has 0 heterocycles. The topological polar surface area (TPSA) is 47.9 Å². The standard InChI is InChI=1S/C17H15Cl2NO3S/c1-22-17(21)13-5-3-4-6-16(13)24-10-15(20-23-2)12-8-7-11(18)9-14(12)19/h3-9H,10H2,1-2H3/b20-15-. The van der Waals surface area contributed by atoms with Crippen molar-refractivity contribution in [2.45, 2.75) is 4.90 Å². The van der Waals surface area contributed by atoms with E-state index in [1.54, 1.807) is 30.3 Å². The number of oxime groups is 1. The third kappa shape index (κ3) is 4.66. The first-order valence-electron chi connectivity index (χ1n) is 6.92. The highest BCUT2D eigenvalue weighted by atomic mass is 35.5. The van der Waals surface area contributed by atoms with Gasteiger partial charge in [0, 0.05) is 21.2 Å². The predicted molar refractivity (Wildman–Crippen MR) is 98.5 cm³/mol. The second-order valence-electron chi connectivity index (χ2n) is 4.62. The van der Waals surface area contributed by atoms with Crippen LogP contribution in [0.25, 0.3) is 0 Å². The molecule has 0 amide bonds. The number of carbonyl (C=O) groups excluding carboxylic acids is 1. The van der Waals surface area contributed by atoms with Gasteiger partial charge in [-0.3, -0.25) is 0 Å². The Balaban J connectivity index is 2.25. The molecule has 0 spiro atoms. The molecule has 0 unspecified atom stereocenters. The molecule has 4 nitrogen and oxygen atoms in total. The van der Waals surface area contributed by atoms with Gasteiger partial charge >= 0.3 is 5.97 Å². The largest absolute Gasteiger partial charge is 0.465 e. The summed E-state index contributed by atoms with van der Waals surface area (Å²) in [6.07, 6.45) is 0. The molecule has 24 heavy (non-hydrogen) atoms. The molecule has 0 aliphatic heterocycles. The van der Waals surface area contributed by atoms with E-state index in [1.165, 1.54) is 26.0 Å². The zero-order valence-electron chi connectivity index (χ0n) is 13.1. The highest BCUT2D eigenvalue weighted by molar-refractivity contribution is 8.00. The number of methoxy groups -OCH3 is 1. The first kappa shape index (κ1) is 18.6. The SMILES string of the molecule is CO/N=C(/CSc1ccccc1C(=O)OC)c1ccc(Cl)cc1Cl. The van der Waals surface area contributed by atoms with E-state index < -0.39 is 0 Å². The number of rotatable bonds is 6. The van der Waals surface area contributed by atoms with Crippen LogP contribution in [-0.2, 0) is 9.57 Å². The summed E-state index contributed by atoms with van der Waals surface area (Å²) in [5.74, 6) is 0.0799. The van der Waals surface area contributed by atoms with E-state index in [9.17, 15) is 4.79 Å². The first-order valence-corrected chi connectivity index (χ1v) is 8.66. The number of nitrogens with zero attached hydrogens (tertiary/aromatic N) is 1.